The van der Waals surface area contributed by atoms with Gasteiger partial charge in [0.1, 0.15) is 5.69 Å². The molecular formula is C13H12N4O. The largest absolute Gasteiger partial charge is 0.366 e. The van der Waals surface area contributed by atoms with Crippen molar-refractivity contribution in [3.05, 3.63) is 41.6 Å². The number of hydrogen-bond donors (Lipinski definition) is 3. The number of primary amides is 1. The number of H-pyrrole nitrogens is 2. The van der Waals surface area contributed by atoms with Crippen molar-refractivity contribution < 1.29 is 4.79 Å². The van der Waals surface area contributed by atoms with E-state index in [0.29, 0.717) is 5.56 Å². The lowest BCUT2D eigenvalue weighted by Crippen LogP contribution is -2.11. The third-order valence-corrected chi connectivity index (χ3v) is 3.05. The maximum Gasteiger partial charge on any atom is 0.248 e. The molecule has 0 bridgehead atoms. The Morgan fingerprint density at radius 3 is 2.89 bits per heavy atom. The molecule has 0 radical (unpaired) electrons. The Morgan fingerprint density at radius 2 is 2.11 bits per heavy atom. The molecule has 3 rings (SSSR count). The summed E-state index contributed by atoms with van der Waals surface area (Å²) in [5.74, 6) is -0.432. The number of rotatable bonds is 2. The van der Waals surface area contributed by atoms with Gasteiger partial charge in [-0.15, -0.1) is 0 Å². The molecule has 0 aromatic heterocycles. The molecule has 5 nitrogen and oxygen atoms in total. The summed E-state index contributed by atoms with van der Waals surface area (Å²) in [6.07, 6.45) is 1.74. The zero-order valence-corrected chi connectivity index (χ0v) is 9.82. The molecule has 2 heterocycles. The Balaban J connectivity index is 2.20. The smallest absolute Gasteiger partial charge is 0.248 e. The summed E-state index contributed by atoms with van der Waals surface area (Å²) < 4.78 is 0. The van der Waals surface area contributed by atoms with Gasteiger partial charge >= 0.3 is 0 Å². The van der Waals surface area contributed by atoms with Crippen LogP contribution in [0.2, 0.25) is 0 Å². The fourth-order valence-electron chi connectivity index (χ4n) is 2.06. The molecule has 0 spiro atoms. The Morgan fingerprint density at radius 1 is 1.28 bits per heavy atom. The van der Waals surface area contributed by atoms with Gasteiger partial charge in [0.05, 0.1) is 11.4 Å². The summed E-state index contributed by atoms with van der Waals surface area (Å²) in [5, 5.41) is 6.12. The van der Waals surface area contributed by atoms with E-state index in [9.17, 15) is 4.79 Å². The summed E-state index contributed by atoms with van der Waals surface area (Å²) >= 11 is 0. The van der Waals surface area contributed by atoms with Crippen molar-refractivity contribution in [1.82, 2.24) is 15.2 Å². The molecule has 1 aromatic carbocycles. The standard InChI is InChI=1S/C13H12N4O/c1-7-2-3-8(13(14)18)6-9(7)11-12-10(16-17-11)4-5-15-12/h2-6,16-17H,1H3,(H2,14,18). The lowest BCUT2D eigenvalue weighted by molar-refractivity contribution is 0.100. The molecule has 0 fully saturated rings. The number of aromatic nitrogens is 3. The van der Waals surface area contributed by atoms with Crippen LogP contribution in [-0.4, -0.2) is 21.1 Å². The molecule has 18 heavy (non-hydrogen) atoms. The van der Waals surface area contributed by atoms with Crippen LogP contribution in [0.25, 0.3) is 22.6 Å². The summed E-state index contributed by atoms with van der Waals surface area (Å²) in [5.41, 5.74) is 10.5. The van der Waals surface area contributed by atoms with Crippen molar-refractivity contribution in [2.45, 2.75) is 6.92 Å². The topological polar surface area (TPSA) is 87.6 Å². The van der Waals surface area contributed by atoms with Crippen molar-refractivity contribution in [1.29, 1.82) is 0 Å². The normalized spacial score (nSPS) is 10.9. The quantitative estimate of drug-likeness (QED) is 0.639. The first-order valence-corrected chi connectivity index (χ1v) is 5.58. The second-order valence-electron chi connectivity index (χ2n) is 4.23. The first-order valence-electron chi connectivity index (χ1n) is 5.58. The van der Waals surface area contributed by atoms with Crippen molar-refractivity contribution in [3.8, 4) is 22.6 Å². The van der Waals surface area contributed by atoms with E-state index in [4.69, 9.17) is 5.73 Å². The second-order valence-corrected chi connectivity index (χ2v) is 4.23. The van der Waals surface area contributed by atoms with E-state index in [2.05, 4.69) is 15.2 Å². The second kappa shape index (κ2) is 3.73. The van der Waals surface area contributed by atoms with Crippen LogP contribution < -0.4 is 5.73 Å². The SMILES string of the molecule is Cc1ccc(C(N)=O)cc1-c1[nH][nH]c2ccnc1-2. The number of carbonyl (C=O) groups excluding carboxylic acids is 1. The molecule has 5 heteroatoms. The first kappa shape index (κ1) is 10.6. The van der Waals surface area contributed by atoms with Crippen molar-refractivity contribution in [2.24, 2.45) is 5.73 Å². The van der Waals surface area contributed by atoms with Crippen LogP contribution in [0.5, 0.6) is 0 Å². The predicted molar refractivity (Wildman–Crippen MR) is 68.3 cm³/mol. The van der Waals surface area contributed by atoms with Crippen LogP contribution >= 0.6 is 0 Å². The van der Waals surface area contributed by atoms with Gasteiger partial charge in [-0.05, 0) is 30.7 Å². The number of nitrogens with two attached hydrogens (primary N) is 1. The highest BCUT2D eigenvalue weighted by atomic mass is 16.1. The van der Waals surface area contributed by atoms with Gasteiger partial charge in [0.2, 0.25) is 5.91 Å². The van der Waals surface area contributed by atoms with Gasteiger partial charge in [0, 0.05) is 17.3 Å². The third-order valence-electron chi connectivity index (χ3n) is 3.05. The summed E-state index contributed by atoms with van der Waals surface area (Å²) in [6, 6.07) is 7.28. The van der Waals surface area contributed by atoms with Crippen LogP contribution in [0.3, 0.4) is 0 Å². The Labute approximate surface area is 103 Å². The molecule has 1 aromatic rings. The van der Waals surface area contributed by atoms with Gasteiger partial charge in [-0.2, -0.15) is 0 Å². The highest BCUT2D eigenvalue weighted by Crippen LogP contribution is 2.32. The van der Waals surface area contributed by atoms with Crippen LogP contribution in [0.1, 0.15) is 15.9 Å². The molecule has 2 aliphatic heterocycles. The van der Waals surface area contributed by atoms with E-state index >= 15 is 0 Å². The molecule has 0 atom stereocenters. The van der Waals surface area contributed by atoms with Crippen LogP contribution in [0, 0.1) is 6.92 Å². The number of aryl methyl sites for hydroxylation is 1. The zero-order chi connectivity index (χ0) is 12.7. The molecule has 0 saturated heterocycles. The van der Waals surface area contributed by atoms with E-state index in [-0.39, 0.29) is 0 Å². The minimum absolute atomic E-state index is 0.432. The number of benzene rings is 1. The van der Waals surface area contributed by atoms with Crippen LogP contribution in [0.4, 0.5) is 0 Å². The Bertz CT molecular complexity index is 695. The highest BCUT2D eigenvalue weighted by Gasteiger charge is 2.16. The number of amides is 1. The maximum atomic E-state index is 11.2. The predicted octanol–water partition coefficient (Wildman–Crippen LogP) is 1.92. The average molecular weight is 240 g/mol. The van der Waals surface area contributed by atoms with Gasteiger partial charge < -0.3 is 5.73 Å². The molecule has 4 N–H and O–H groups in total. The maximum absolute atomic E-state index is 11.2. The molecule has 0 saturated carbocycles. The molecule has 1 amide bonds. The van der Waals surface area contributed by atoms with Crippen molar-refractivity contribution >= 4 is 5.91 Å². The molecule has 2 aliphatic rings. The fraction of sp³-hybridized carbons (Fsp3) is 0.0769. The van der Waals surface area contributed by atoms with Crippen molar-refractivity contribution in [2.75, 3.05) is 0 Å². The minimum atomic E-state index is -0.432. The third kappa shape index (κ3) is 1.48. The van der Waals surface area contributed by atoms with E-state index in [1.54, 1.807) is 18.3 Å². The fourth-order valence-corrected chi connectivity index (χ4v) is 2.06. The number of nitrogens with one attached hydrogen (secondary N) is 2. The lowest BCUT2D eigenvalue weighted by Gasteiger charge is -2.06. The molecule has 90 valence electrons. The van der Waals surface area contributed by atoms with E-state index in [1.165, 1.54) is 0 Å². The van der Waals surface area contributed by atoms with Crippen LogP contribution in [-0.2, 0) is 0 Å². The summed E-state index contributed by atoms with van der Waals surface area (Å²) in [4.78, 5) is 15.5. The Hall–Kier alpha value is -2.56. The molecule has 0 unspecified atom stereocenters. The van der Waals surface area contributed by atoms with Crippen LogP contribution in [0.15, 0.2) is 30.5 Å². The van der Waals surface area contributed by atoms with E-state index in [0.717, 1.165) is 28.2 Å². The van der Waals surface area contributed by atoms with Gasteiger partial charge in [0.15, 0.2) is 0 Å². The number of carbonyl (C=O) groups is 1. The number of aromatic amines is 2. The lowest BCUT2D eigenvalue weighted by atomic mass is 10.0. The summed E-state index contributed by atoms with van der Waals surface area (Å²) in [7, 11) is 0. The number of fused-ring (bicyclic) bond motifs is 1. The van der Waals surface area contributed by atoms with Gasteiger partial charge in [-0.1, -0.05) is 6.07 Å². The van der Waals surface area contributed by atoms with E-state index < -0.39 is 5.91 Å². The number of hydrogen-bond acceptors (Lipinski definition) is 2. The van der Waals surface area contributed by atoms with Gasteiger partial charge in [-0.3, -0.25) is 20.0 Å². The first-order chi connectivity index (χ1) is 8.66. The minimum Gasteiger partial charge on any atom is -0.366 e. The number of nitrogens with zero attached hydrogens (tertiary/aromatic N) is 1. The summed E-state index contributed by atoms with van der Waals surface area (Å²) in [6.45, 7) is 1.98. The van der Waals surface area contributed by atoms with E-state index in [1.807, 2.05) is 19.1 Å². The van der Waals surface area contributed by atoms with Gasteiger partial charge in [0.25, 0.3) is 0 Å². The van der Waals surface area contributed by atoms with Gasteiger partial charge in [-0.25, -0.2) is 0 Å². The molecule has 0 aliphatic carbocycles. The average Bonchev–Trinajstić information content (AvgIpc) is 2.91. The zero-order valence-electron chi connectivity index (χ0n) is 9.82. The highest BCUT2D eigenvalue weighted by molar-refractivity contribution is 5.95. The Kier molecular flexibility index (Phi) is 2.19. The monoisotopic (exact) mass is 240 g/mol. The molecular weight excluding hydrogens is 228 g/mol. The van der Waals surface area contributed by atoms with Crippen molar-refractivity contribution in [3.63, 3.8) is 0 Å².